The van der Waals surface area contributed by atoms with Crippen LogP contribution in [0.1, 0.15) is 46.0 Å². The molecule has 1 heterocycles. The highest BCUT2D eigenvalue weighted by Gasteiger charge is 2.70. The maximum absolute atomic E-state index is 10.4. The van der Waals surface area contributed by atoms with Crippen molar-refractivity contribution in [2.24, 2.45) is 11.8 Å². The molecule has 3 aliphatic rings. The lowest BCUT2D eigenvalue weighted by Gasteiger charge is -2.42. The summed E-state index contributed by atoms with van der Waals surface area (Å²) in [6, 6.07) is 0. The quantitative estimate of drug-likeness (QED) is 0.602. The largest absolute Gasteiger partial charge is 0.387 e. The molecule has 0 amide bonds. The molecule has 0 spiro atoms. The first-order valence-corrected chi connectivity index (χ1v) is 5.95. The van der Waals surface area contributed by atoms with E-state index in [9.17, 15) is 5.11 Å². The highest BCUT2D eigenvalue weighted by Crippen LogP contribution is 2.60. The second kappa shape index (κ2) is 2.53. The smallest absolute Gasteiger partial charge is 0.120 e. The molecule has 5 atom stereocenters. The summed E-state index contributed by atoms with van der Waals surface area (Å²) >= 11 is 0. The molecule has 5 unspecified atom stereocenters. The molecule has 0 bridgehead atoms. The molecule has 1 N–H and O–H groups in total. The molecule has 0 aromatic rings. The van der Waals surface area contributed by atoms with Gasteiger partial charge >= 0.3 is 0 Å². The van der Waals surface area contributed by atoms with E-state index < -0.39 is 5.60 Å². The SMILES string of the molecule is CC1(O)CC2CCCCC2C2OC21C. The summed E-state index contributed by atoms with van der Waals surface area (Å²) in [6.07, 6.45) is 6.64. The van der Waals surface area contributed by atoms with Gasteiger partial charge in [-0.15, -0.1) is 0 Å². The highest BCUT2D eigenvalue weighted by atomic mass is 16.6. The molecular formula is C12H20O2. The van der Waals surface area contributed by atoms with Crippen molar-refractivity contribution < 1.29 is 9.84 Å². The molecule has 3 rings (SSSR count). The summed E-state index contributed by atoms with van der Waals surface area (Å²) in [6.45, 7) is 4.04. The van der Waals surface area contributed by atoms with Crippen LogP contribution in [0.25, 0.3) is 0 Å². The first-order chi connectivity index (χ1) is 6.55. The fourth-order valence-electron chi connectivity index (χ4n) is 3.76. The van der Waals surface area contributed by atoms with Gasteiger partial charge in [0, 0.05) is 0 Å². The molecule has 2 aliphatic carbocycles. The molecule has 80 valence electrons. The van der Waals surface area contributed by atoms with Crippen molar-refractivity contribution in [1.29, 1.82) is 0 Å². The van der Waals surface area contributed by atoms with E-state index in [-0.39, 0.29) is 5.60 Å². The van der Waals surface area contributed by atoms with Crippen molar-refractivity contribution in [3.05, 3.63) is 0 Å². The Bertz CT molecular complexity index is 256. The van der Waals surface area contributed by atoms with Gasteiger partial charge in [0.25, 0.3) is 0 Å². The summed E-state index contributed by atoms with van der Waals surface area (Å²) in [5.74, 6) is 1.47. The summed E-state index contributed by atoms with van der Waals surface area (Å²) in [5, 5.41) is 10.4. The lowest BCUT2D eigenvalue weighted by atomic mass is 9.62. The van der Waals surface area contributed by atoms with Gasteiger partial charge in [-0.25, -0.2) is 0 Å². The average Bonchev–Trinajstić information content (AvgIpc) is 2.80. The first kappa shape index (κ1) is 9.17. The van der Waals surface area contributed by atoms with E-state index in [4.69, 9.17) is 4.74 Å². The molecule has 0 radical (unpaired) electrons. The third kappa shape index (κ3) is 0.989. The van der Waals surface area contributed by atoms with Crippen LogP contribution in [0.2, 0.25) is 0 Å². The van der Waals surface area contributed by atoms with E-state index in [1.807, 2.05) is 6.92 Å². The Kier molecular flexibility index (Phi) is 1.66. The van der Waals surface area contributed by atoms with Gasteiger partial charge in [-0.2, -0.15) is 0 Å². The van der Waals surface area contributed by atoms with Gasteiger partial charge < -0.3 is 9.84 Å². The maximum Gasteiger partial charge on any atom is 0.120 e. The Morgan fingerprint density at radius 1 is 1.21 bits per heavy atom. The molecule has 14 heavy (non-hydrogen) atoms. The van der Waals surface area contributed by atoms with Crippen LogP contribution in [-0.2, 0) is 4.74 Å². The molecule has 0 aromatic carbocycles. The zero-order valence-corrected chi connectivity index (χ0v) is 9.12. The zero-order valence-electron chi connectivity index (χ0n) is 9.12. The first-order valence-electron chi connectivity index (χ1n) is 5.95. The van der Waals surface area contributed by atoms with Gasteiger partial charge in [0.2, 0.25) is 0 Å². The summed E-state index contributed by atoms with van der Waals surface area (Å²) in [7, 11) is 0. The number of fused-ring (bicyclic) bond motifs is 3. The fraction of sp³-hybridized carbons (Fsp3) is 1.00. The van der Waals surface area contributed by atoms with Crippen LogP contribution in [0.15, 0.2) is 0 Å². The standard InChI is InChI=1S/C12H20O2/c1-11(13)7-8-5-3-4-6-9(8)10-12(11,2)14-10/h8-10,13H,3-7H2,1-2H3. The van der Waals surface area contributed by atoms with Crippen molar-refractivity contribution >= 4 is 0 Å². The van der Waals surface area contributed by atoms with E-state index in [0.29, 0.717) is 6.10 Å². The second-order valence-electron chi connectivity index (χ2n) is 5.83. The van der Waals surface area contributed by atoms with E-state index in [2.05, 4.69) is 6.92 Å². The summed E-state index contributed by atoms with van der Waals surface area (Å²) in [4.78, 5) is 0. The molecule has 2 heteroatoms. The number of rotatable bonds is 0. The number of hydrogen-bond acceptors (Lipinski definition) is 2. The van der Waals surface area contributed by atoms with Gasteiger partial charge in [-0.05, 0) is 44.9 Å². The van der Waals surface area contributed by atoms with Gasteiger partial charge in [-0.1, -0.05) is 12.8 Å². The predicted molar refractivity (Wildman–Crippen MR) is 54.0 cm³/mol. The van der Waals surface area contributed by atoms with Crippen molar-refractivity contribution in [2.75, 3.05) is 0 Å². The molecule has 1 saturated heterocycles. The van der Waals surface area contributed by atoms with E-state index in [1.165, 1.54) is 25.7 Å². The predicted octanol–water partition coefficient (Wildman–Crippen LogP) is 2.10. The maximum atomic E-state index is 10.4. The zero-order chi connectivity index (χ0) is 9.97. The molecule has 2 nitrogen and oxygen atoms in total. The van der Waals surface area contributed by atoms with Gasteiger partial charge in [0.1, 0.15) is 5.60 Å². The monoisotopic (exact) mass is 196 g/mol. The number of hydrogen-bond donors (Lipinski definition) is 1. The van der Waals surface area contributed by atoms with Crippen LogP contribution in [0.3, 0.4) is 0 Å². The minimum Gasteiger partial charge on any atom is -0.387 e. The number of epoxide rings is 1. The third-order valence-corrected chi connectivity index (χ3v) is 4.94. The second-order valence-corrected chi connectivity index (χ2v) is 5.83. The van der Waals surface area contributed by atoms with Crippen molar-refractivity contribution in [3.8, 4) is 0 Å². The Morgan fingerprint density at radius 2 is 1.93 bits per heavy atom. The van der Waals surface area contributed by atoms with Crippen LogP contribution in [0.5, 0.6) is 0 Å². The van der Waals surface area contributed by atoms with Crippen molar-refractivity contribution in [2.45, 2.75) is 63.3 Å². The van der Waals surface area contributed by atoms with Gasteiger partial charge in [0.05, 0.1) is 11.7 Å². The van der Waals surface area contributed by atoms with Crippen LogP contribution < -0.4 is 0 Å². The number of aliphatic hydroxyl groups is 1. The van der Waals surface area contributed by atoms with Crippen LogP contribution in [-0.4, -0.2) is 22.4 Å². The Morgan fingerprint density at radius 3 is 2.71 bits per heavy atom. The third-order valence-electron chi connectivity index (χ3n) is 4.94. The molecule has 3 fully saturated rings. The summed E-state index contributed by atoms with van der Waals surface area (Å²) in [5.41, 5.74) is -0.804. The normalized spacial score (nSPS) is 61.5. The molecule has 1 aliphatic heterocycles. The van der Waals surface area contributed by atoms with Crippen LogP contribution in [0, 0.1) is 11.8 Å². The van der Waals surface area contributed by atoms with E-state index >= 15 is 0 Å². The van der Waals surface area contributed by atoms with Gasteiger partial charge in [0.15, 0.2) is 0 Å². The Labute approximate surface area is 85.6 Å². The minimum absolute atomic E-state index is 0.217. The Hall–Kier alpha value is -0.0800. The van der Waals surface area contributed by atoms with E-state index in [0.717, 1.165) is 18.3 Å². The van der Waals surface area contributed by atoms with Crippen molar-refractivity contribution in [3.63, 3.8) is 0 Å². The number of ether oxygens (including phenoxy) is 1. The van der Waals surface area contributed by atoms with Crippen LogP contribution >= 0.6 is 0 Å². The fourth-order valence-corrected chi connectivity index (χ4v) is 3.76. The molecule has 0 aromatic heterocycles. The van der Waals surface area contributed by atoms with Gasteiger partial charge in [-0.3, -0.25) is 0 Å². The van der Waals surface area contributed by atoms with E-state index in [1.54, 1.807) is 0 Å². The topological polar surface area (TPSA) is 32.8 Å². The molecule has 2 saturated carbocycles. The van der Waals surface area contributed by atoms with Crippen molar-refractivity contribution in [1.82, 2.24) is 0 Å². The van der Waals surface area contributed by atoms with Crippen LogP contribution in [0.4, 0.5) is 0 Å². The average molecular weight is 196 g/mol. The lowest BCUT2D eigenvalue weighted by molar-refractivity contribution is -0.0532. The lowest BCUT2D eigenvalue weighted by Crippen LogP contribution is -2.51. The molecular weight excluding hydrogens is 176 g/mol. The minimum atomic E-state index is -0.587. The Balaban J connectivity index is 1.87. The summed E-state index contributed by atoms with van der Waals surface area (Å²) < 4.78 is 5.80. The highest BCUT2D eigenvalue weighted by molar-refractivity contribution is 5.18.